The van der Waals surface area contributed by atoms with Gasteiger partial charge in [0.05, 0.1) is 11.4 Å². The molecule has 0 unspecified atom stereocenters. The van der Waals surface area contributed by atoms with Crippen molar-refractivity contribution < 1.29 is 9.53 Å². The van der Waals surface area contributed by atoms with Crippen molar-refractivity contribution >= 4 is 11.6 Å². The molecule has 1 N–H and O–H groups in total. The Morgan fingerprint density at radius 1 is 1.15 bits per heavy atom. The number of benzene rings is 2. The van der Waals surface area contributed by atoms with Crippen LogP contribution in [0.2, 0.25) is 0 Å². The number of aryl methyl sites for hydroxylation is 3. The maximum atomic E-state index is 12.5. The molecular formula is C21H23N3O2. The van der Waals surface area contributed by atoms with Crippen molar-refractivity contribution in [1.82, 2.24) is 9.78 Å². The molecule has 0 spiro atoms. The average molecular weight is 349 g/mol. The van der Waals surface area contributed by atoms with Crippen molar-refractivity contribution in [3.63, 3.8) is 0 Å². The number of nitrogens with zero attached hydrogens (tertiary/aromatic N) is 2. The number of nitrogens with one attached hydrogen (secondary N) is 1. The van der Waals surface area contributed by atoms with Crippen LogP contribution in [0.5, 0.6) is 5.75 Å². The van der Waals surface area contributed by atoms with Crippen molar-refractivity contribution in [3.8, 4) is 5.75 Å². The van der Waals surface area contributed by atoms with Gasteiger partial charge in [0.1, 0.15) is 12.4 Å². The van der Waals surface area contributed by atoms with Crippen LogP contribution >= 0.6 is 0 Å². The van der Waals surface area contributed by atoms with Crippen LogP contribution in [0.4, 0.5) is 5.69 Å². The van der Waals surface area contributed by atoms with Gasteiger partial charge in [-0.25, -0.2) is 0 Å². The third kappa shape index (κ3) is 4.30. The largest absolute Gasteiger partial charge is 0.489 e. The Balaban J connectivity index is 1.65. The first-order valence-corrected chi connectivity index (χ1v) is 8.67. The molecule has 26 heavy (non-hydrogen) atoms. The zero-order valence-electron chi connectivity index (χ0n) is 15.3. The highest BCUT2D eigenvalue weighted by Crippen LogP contribution is 2.17. The van der Waals surface area contributed by atoms with Gasteiger partial charge in [-0.05, 0) is 48.7 Å². The number of rotatable bonds is 6. The van der Waals surface area contributed by atoms with Gasteiger partial charge in [0.25, 0.3) is 5.91 Å². The fraction of sp³-hybridized carbons (Fsp3) is 0.238. The highest BCUT2D eigenvalue weighted by molar-refractivity contribution is 6.04. The first-order chi connectivity index (χ1) is 12.5. The lowest BCUT2D eigenvalue weighted by atomic mass is 10.1. The lowest BCUT2D eigenvalue weighted by molar-refractivity contribution is 0.102. The van der Waals surface area contributed by atoms with Gasteiger partial charge >= 0.3 is 0 Å². The van der Waals surface area contributed by atoms with Gasteiger partial charge in [-0.1, -0.05) is 31.2 Å². The summed E-state index contributed by atoms with van der Waals surface area (Å²) >= 11 is 0. The monoisotopic (exact) mass is 349 g/mol. The molecule has 0 atom stereocenters. The summed E-state index contributed by atoms with van der Waals surface area (Å²) in [5.41, 5.74) is 4.32. The van der Waals surface area contributed by atoms with Crippen LogP contribution in [-0.2, 0) is 20.1 Å². The van der Waals surface area contributed by atoms with E-state index in [1.807, 2.05) is 44.3 Å². The van der Waals surface area contributed by atoms with Crippen LogP contribution < -0.4 is 10.1 Å². The molecule has 1 amide bonds. The van der Waals surface area contributed by atoms with Crippen LogP contribution in [0.1, 0.15) is 34.1 Å². The second kappa shape index (κ2) is 7.87. The highest BCUT2D eigenvalue weighted by atomic mass is 16.5. The molecule has 0 bridgehead atoms. The summed E-state index contributed by atoms with van der Waals surface area (Å²) in [5, 5.41) is 7.13. The lowest BCUT2D eigenvalue weighted by Crippen LogP contribution is -2.12. The molecule has 0 fully saturated rings. The van der Waals surface area contributed by atoms with Crippen molar-refractivity contribution in [1.29, 1.82) is 0 Å². The third-order valence-corrected chi connectivity index (χ3v) is 4.19. The van der Waals surface area contributed by atoms with Crippen LogP contribution in [-0.4, -0.2) is 15.7 Å². The Labute approximate surface area is 153 Å². The third-order valence-electron chi connectivity index (χ3n) is 4.19. The molecule has 2 aromatic carbocycles. The fourth-order valence-corrected chi connectivity index (χ4v) is 2.71. The smallest absolute Gasteiger partial charge is 0.255 e. The van der Waals surface area contributed by atoms with Gasteiger partial charge in [0, 0.05) is 18.8 Å². The molecule has 0 aliphatic carbocycles. The molecule has 134 valence electrons. The van der Waals surface area contributed by atoms with E-state index in [1.165, 1.54) is 5.56 Å². The number of aromatic nitrogens is 2. The molecular weight excluding hydrogens is 326 g/mol. The molecule has 3 aromatic rings. The molecule has 0 saturated carbocycles. The number of hydrogen-bond donors (Lipinski definition) is 1. The zero-order valence-corrected chi connectivity index (χ0v) is 15.3. The predicted molar refractivity (Wildman–Crippen MR) is 102 cm³/mol. The van der Waals surface area contributed by atoms with E-state index in [0.29, 0.717) is 12.2 Å². The van der Waals surface area contributed by atoms with Crippen LogP contribution in [0, 0.1) is 6.92 Å². The fourth-order valence-electron chi connectivity index (χ4n) is 2.71. The van der Waals surface area contributed by atoms with E-state index in [-0.39, 0.29) is 5.91 Å². The van der Waals surface area contributed by atoms with Crippen LogP contribution in [0.3, 0.4) is 0 Å². The van der Waals surface area contributed by atoms with Crippen molar-refractivity contribution in [3.05, 3.63) is 77.1 Å². The Morgan fingerprint density at radius 2 is 1.92 bits per heavy atom. The summed E-state index contributed by atoms with van der Waals surface area (Å²) in [6, 6.07) is 15.5. The maximum Gasteiger partial charge on any atom is 0.255 e. The van der Waals surface area contributed by atoms with Gasteiger partial charge in [0.2, 0.25) is 0 Å². The van der Waals surface area contributed by atoms with E-state index in [9.17, 15) is 4.79 Å². The van der Waals surface area contributed by atoms with E-state index in [1.54, 1.807) is 16.9 Å². The second-order valence-electron chi connectivity index (χ2n) is 6.24. The summed E-state index contributed by atoms with van der Waals surface area (Å²) in [4.78, 5) is 12.5. The van der Waals surface area contributed by atoms with E-state index in [0.717, 1.165) is 29.1 Å². The van der Waals surface area contributed by atoms with E-state index < -0.39 is 0 Å². The van der Waals surface area contributed by atoms with Crippen molar-refractivity contribution in [2.75, 3.05) is 5.32 Å². The number of ether oxygens (including phenoxy) is 1. The summed E-state index contributed by atoms with van der Waals surface area (Å²) < 4.78 is 7.50. The Hall–Kier alpha value is -3.08. The van der Waals surface area contributed by atoms with E-state index in [2.05, 4.69) is 29.5 Å². The van der Waals surface area contributed by atoms with E-state index in [4.69, 9.17) is 4.74 Å². The van der Waals surface area contributed by atoms with Crippen molar-refractivity contribution in [2.45, 2.75) is 26.9 Å². The lowest BCUT2D eigenvalue weighted by Gasteiger charge is -2.09. The summed E-state index contributed by atoms with van der Waals surface area (Å²) in [7, 11) is 1.83. The van der Waals surface area contributed by atoms with Gasteiger partial charge in [0.15, 0.2) is 0 Å². The van der Waals surface area contributed by atoms with Gasteiger partial charge in [-0.15, -0.1) is 0 Å². The quantitative estimate of drug-likeness (QED) is 0.728. The first kappa shape index (κ1) is 17.7. The highest BCUT2D eigenvalue weighted by Gasteiger charge is 2.10. The van der Waals surface area contributed by atoms with Crippen LogP contribution in [0.25, 0.3) is 0 Å². The zero-order chi connectivity index (χ0) is 18.5. The van der Waals surface area contributed by atoms with Gasteiger partial charge in [-0.3, -0.25) is 9.48 Å². The number of hydrogen-bond acceptors (Lipinski definition) is 3. The number of amides is 1. The first-order valence-electron chi connectivity index (χ1n) is 8.67. The number of carbonyl (C=O) groups excluding carboxylic acids is 1. The molecule has 1 heterocycles. The molecule has 0 aliphatic heterocycles. The summed E-state index contributed by atoms with van der Waals surface area (Å²) in [6.07, 6.45) is 2.80. The Morgan fingerprint density at radius 3 is 2.58 bits per heavy atom. The molecule has 1 aromatic heterocycles. The molecule has 0 radical (unpaired) electrons. The minimum atomic E-state index is -0.157. The minimum absolute atomic E-state index is 0.157. The number of carbonyl (C=O) groups is 1. The molecule has 0 saturated heterocycles. The molecule has 5 heteroatoms. The SMILES string of the molecule is CCc1ccc(OCc2cccc(C(=O)Nc3cn(C)nc3C)c2)cc1. The topological polar surface area (TPSA) is 56.1 Å². The van der Waals surface area contributed by atoms with Crippen molar-refractivity contribution in [2.24, 2.45) is 7.05 Å². The summed E-state index contributed by atoms with van der Waals surface area (Å²) in [5.74, 6) is 0.665. The standard InChI is InChI=1S/C21H23N3O2/c1-4-16-8-10-19(11-9-16)26-14-17-6-5-7-18(12-17)21(25)22-20-13-24(3)23-15(20)2/h5-13H,4,14H2,1-3H3,(H,22,25). The van der Waals surface area contributed by atoms with Gasteiger partial charge in [-0.2, -0.15) is 5.10 Å². The maximum absolute atomic E-state index is 12.5. The summed E-state index contributed by atoms with van der Waals surface area (Å²) in [6.45, 7) is 4.40. The predicted octanol–water partition coefficient (Wildman–Crippen LogP) is 4.12. The molecule has 5 nitrogen and oxygen atoms in total. The number of anilines is 1. The minimum Gasteiger partial charge on any atom is -0.489 e. The Kier molecular flexibility index (Phi) is 5.37. The molecule has 3 rings (SSSR count). The van der Waals surface area contributed by atoms with Crippen LogP contribution in [0.15, 0.2) is 54.7 Å². The Bertz CT molecular complexity index is 898. The molecule has 0 aliphatic rings. The van der Waals surface area contributed by atoms with Gasteiger partial charge < -0.3 is 10.1 Å². The van der Waals surface area contributed by atoms with E-state index >= 15 is 0 Å². The second-order valence-corrected chi connectivity index (χ2v) is 6.24. The normalized spacial score (nSPS) is 10.6. The average Bonchev–Trinajstić information content (AvgIpc) is 2.97.